The molecule has 0 bridgehead atoms. The average Bonchev–Trinajstić information content (AvgIpc) is 2.44. The van der Waals surface area contributed by atoms with E-state index < -0.39 is 0 Å². The van der Waals surface area contributed by atoms with Crippen molar-refractivity contribution in [2.75, 3.05) is 38.2 Å². The monoisotopic (exact) mass is 312 g/mol. The fourth-order valence-electron chi connectivity index (χ4n) is 2.16. The molecule has 1 aromatic carbocycles. The topological polar surface area (TPSA) is 68.8 Å². The maximum absolute atomic E-state index is 11.9. The molecular weight excluding hydrogens is 296 g/mol. The molecule has 2 aliphatic heterocycles. The van der Waals surface area contributed by atoms with Gasteiger partial charge in [-0.25, -0.2) is 0 Å². The first-order chi connectivity index (χ1) is 10.1. The molecule has 21 heavy (non-hydrogen) atoms. The third-order valence-electron chi connectivity index (χ3n) is 3.46. The summed E-state index contributed by atoms with van der Waals surface area (Å²) < 4.78 is 16.5. The van der Waals surface area contributed by atoms with Crippen molar-refractivity contribution in [2.24, 2.45) is 0 Å². The van der Waals surface area contributed by atoms with Gasteiger partial charge in [0, 0.05) is 25.2 Å². The van der Waals surface area contributed by atoms with Gasteiger partial charge in [0.05, 0.1) is 16.3 Å². The fourth-order valence-corrected chi connectivity index (χ4v) is 2.37. The number of hydrogen-bond donors (Lipinski definition) is 2. The molecule has 2 heterocycles. The summed E-state index contributed by atoms with van der Waals surface area (Å²) in [5, 5.41) is 6.25. The maximum Gasteiger partial charge on any atom is 0.250 e. The van der Waals surface area contributed by atoms with Crippen LogP contribution in [0.1, 0.15) is 6.92 Å². The second kappa shape index (κ2) is 5.71. The largest absolute Gasteiger partial charge is 0.486 e. The highest BCUT2D eigenvalue weighted by molar-refractivity contribution is 6.34. The predicted molar refractivity (Wildman–Crippen MR) is 78.3 cm³/mol. The number of fused-ring (bicyclic) bond motifs is 1. The van der Waals surface area contributed by atoms with Crippen molar-refractivity contribution in [2.45, 2.75) is 12.5 Å². The maximum atomic E-state index is 11.9. The number of rotatable bonds is 4. The van der Waals surface area contributed by atoms with Crippen LogP contribution in [-0.4, -0.2) is 44.4 Å². The number of halogens is 1. The van der Waals surface area contributed by atoms with Crippen molar-refractivity contribution in [1.82, 2.24) is 5.32 Å². The quantitative estimate of drug-likeness (QED) is 0.880. The molecule has 0 aliphatic carbocycles. The van der Waals surface area contributed by atoms with E-state index in [9.17, 15) is 4.79 Å². The smallest absolute Gasteiger partial charge is 0.250 e. The van der Waals surface area contributed by atoms with Crippen molar-refractivity contribution in [3.63, 3.8) is 0 Å². The molecule has 1 fully saturated rings. The van der Waals surface area contributed by atoms with Crippen molar-refractivity contribution in [1.29, 1.82) is 0 Å². The first kappa shape index (κ1) is 14.4. The number of hydrogen-bond acceptors (Lipinski definition) is 5. The van der Waals surface area contributed by atoms with Crippen LogP contribution in [0.25, 0.3) is 0 Å². The summed E-state index contributed by atoms with van der Waals surface area (Å²) in [7, 11) is 0. The number of benzene rings is 1. The Balaban J connectivity index is 1.62. The lowest BCUT2D eigenvalue weighted by atomic mass is 10.0. The van der Waals surface area contributed by atoms with Crippen LogP contribution >= 0.6 is 11.6 Å². The average molecular weight is 313 g/mol. The second-order valence-corrected chi connectivity index (χ2v) is 5.77. The van der Waals surface area contributed by atoms with Crippen LogP contribution in [0, 0.1) is 0 Å². The zero-order valence-corrected chi connectivity index (χ0v) is 12.5. The number of carbonyl (C=O) groups excluding carboxylic acids is 1. The molecule has 0 atom stereocenters. The fraction of sp³-hybridized carbons (Fsp3) is 0.500. The zero-order valence-electron chi connectivity index (χ0n) is 11.7. The lowest BCUT2D eigenvalue weighted by Crippen LogP contribution is -2.59. The molecule has 6 nitrogen and oxygen atoms in total. The van der Waals surface area contributed by atoms with E-state index in [1.54, 1.807) is 12.1 Å². The Bertz CT molecular complexity index is 560. The Hall–Kier alpha value is -1.50. The standard InChI is InChI=1S/C14H17ClN2O4/c1-14(7-16-8-14)21-6-13(18)17-10-5-12-11(4-9(10)15)19-2-3-20-12/h4-5,16H,2-3,6-8H2,1H3,(H,17,18). The van der Waals surface area contributed by atoms with Crippen LogP contribution in [0.4, 0.5) is 5.69 Å². The molecule has 0 aromatic heterocycles. The van der Waals surface area contributed by atoms with Crippen LogP contribution in [0.5, 0.6) is 11.5 Å². The van der Waals surface area contributed by atoms with Gasteiger partial charge in [-0.15, -0.1) is 0 Å². The summed E-state index contributed by atoms with van der Waals surface area (Å²) >= 11 is 6.13. The molecule has 7 heteroatoms. The van der Waals surface area contributed by atoms with Gasteiger partial charge >= 0.3 is 0 Å². The van der Waals surface area contributed by atoms with Gasteiger partial charge in [-0.05, 0) is 6.92 Å². The van der Waals surface area contributed by atoms with Gasteiger partial charge < -0.3 is 24.8 Å². The SMILES string of the molecule is CC1(OCC(=O)Nc2cc3c(cc2Cl)OCCO3)CNC1. The number of carbonyl (C=O) groups is 1. The van der Waals surface area contributed by atoms with Gasteiger partial charge in [-0.2, -0.15) is 0 Å². The molecular formula is C14H17ClN2O4. The second-order valence-electron chi connectivity index (χ2n) is 5.37. The zero-order chi connectivity index (χ0) is 14.9. The van der Waals surface area contributed by atoms with Crippen LogP contribution < -0.4 is 20.1 Å². The minimum atomic E-state index is -0.256. The van der Waals surface area contributed by atoms with E-state index in [1.807, 2.05) is 6.92 Å². The van der Waals surface area contributed by atoms with Gasteiger partial charge in [0.25, 0.3) is 0 Å². The van der Waals surface area contributed by atoms with Crippen molar-refractivity contribution >= 4 is 23.2 Å². The lowest BCUT2D eigenvalue weighted by Gasteiger charge is -2.38. The highest BCUT2D eigenvalue weighted by Crippen LogP contribution is 2.37. The molecule has 0 spiro atoms. The Morgan fingerprint density at radius 2 is 2.05 bits per heavy atom. The van der Waals surface area contributed by atoms with Crippen LogP contribution in [0.3, 0.4) is 0 Å². The highest BCUT2D eigenvalue weighted by Gasteiger charge is 2.33. The molecule has 0 saturated carbocycles. The molecule has 1 saturated heterocycles. The van der Waals surface area contributed by atoms with Crippen LogP contribution in [0.15, 0.2) is 12.1 Å². The Labute approximate surface area is 127 Å². The van der Waals surface area contributed by atoms with E-state index in [4.69, 9.17) is 25.8 Å². The molecule has 0 radical (unpaired) electrons. The van der Waals surface area contributed by atoms with E-state index in [1.165, 1.54) is 0 Å². The lowest BCUT2D eigenvalue weighted by molar-refractivity contribution is -0.130. The summed E-state index contributed by atoms with van der Waals surface area (Å²) in [5.74, 6) is 0.923. The van der Waals surface area contributed by atoms with Crippen molar-refractivity contribution in [3.8, 4) is 11.5 Å². The molecule has 114 valence electrons. The summed E-state index contributed by atoms with van der Waals surface area (Å²) in [4.78, 5) is 11.9. The summed E-state index contributed by atoms with van der Waals surface area (Å²) in [5.41, 5.74) is 0.236. The number of ether oxygens (including phenoxy) is 3. The van der Waals surface area contributed by atoms with Gasteiger partial charge in [-0.1, -0.05) is 11.6 Å². The minimum absolute atomic E-state index is 0.0110. The first-order valence-electron chi connectivity index (χ1n) is 6.79. The minimum Gasteiger partial charge on any atom is -0.486 e. The number of anilines is 1. The van der Waals surface area contributed by atoms with Gasteiger partial charge in [0.1, 0.15) is 19.8 Å². The van der Waals surface area contributed by atoms with Crippen LogP contribution in [-0.2, 0) is 9.53 Å². The highest BCUT2D eigenvalue weighted by atomic mass is 35.5. The van der Waals surface area contributed by atoms with E-state index >= 15 is 0 Å². The summed E-state index contributed by atoms with van der Waals surface area (Å²) in [6.07, 6.45) is 0. The molecule has 2 N–H and O–H groups in total. The van der Waals surface area contributed by atoms with E-state index in [-0.39, 0.29) is 18.1 Å². The molecule has 3 rings (SSSR count). The Kier molecular flexibility index (Phi) is 3.93. The first-order valence-corrected chi connectivity index (χ1v) is 7.17. The Morgan fingerprint density at radius 1 is 1.38 bits per heavy atom. The van der Waals surface area contributed by atoms with Crippen molar-refractivity contribution in [3.05, 3.63) is 17.2 Å². The third-order valence-corrected chi connectivity index (χ3v) is 3.77. The van der Waals surface area contributed by atoms with Gasteiger partial charge in [0.2, 0.25) is 5.91 Å². The van der Waals surface area contributed by atoms with E-state index in [2.05, 4.69) is 10.6 Å². The summed E-state index contributed by atoms with van der Waals surface area (Å²) in [6.45, 7) is 4.44. The number of amides is 1. The third kappa shape index (κ3) is 3.23. The van der Waals surface area contributed by atoms with Crippen LogP contribution in [0.2, 0.25) is 5.02 Å². The molecule has 1 amide bonds. The number of nitrogens with one attached hydrogen (secondary N) is 2. The molecule has 1 aromatic rings. The molecule has 2 aliphatic rings. The van der Waals surface area contributed by atoms with Gasteiger partial charge in [0.15, 0.2) is 11.5 Å². The van der Waals surface area contributed by atoms with Gasteiger partial charge in [-0.3, -0.25) is 4.79 Å². The molecule has 0 unspecified atom stereocenters. The van der Waals surface area contributed by atoms with E-state index in [0.29, 0.717) is 35.4 Å². The predicted octanol–water partition coefficient (Wildman–Crippen LogP) is 1.43. The summed E-state index contributed by atoms with van der Waals surface area (Å²) in [6, 6.07) is 3.31. The normalized spacial score (nSPS) is 18.8. The van der Waals surface area contributed by atoms with E-state index in [0.717, 1.165) is 13.1 Å². The Morgan fingerprint density at radius 3 is 2.67 bits per heavy atom. The van der Waals surface area contributed by atoms with Crippen molar-refractivity contribution < 1.29 is 19.0 Å².